The smallest absolute Gasteiger partial charge is 0.128 e. The first-order valence-electron chi connectivity index (χ1n) is 6.97. The van der Waals surface area contributed by atoms with Crippen LogP contribution in [0.2, 0.25) is 0 Å². The van der Waals surface area contributed by atoms with Crippen LogP contribution in [0.3, 0.4) is 0 Å². The highest BCUT2D eigenvalue weighted by molar-refractivity contribution is 7.10. The van der Waals surface area contributed by atoms with E-state index in [0.29, 0.717) is 5.92 Å². The Bertz CT molecular complexity index is 543. The Morgan fingerprint density at radius 2 is 1.95 bits per heavy atom. The van der Waals surface area contributed by atoms with Crippen molar-refractivity contribution in [3.8, 4) is 17.0 Å². The van der Waals surface area contributed by atoms with Gasteiger partial charge in [-0.25, -0.2) is 4.98 Å². The number of aromatic nitrogens is 1. The lowest BCUT2D eigenvalue weighted by Crippen LogP contribution is -2.03. The normalized spacial score (nSPS) is 16.5. The van der Waals surface area contributed by atoms with Crippen molar-refractivity contribution in [1.82, 2.24) is 4.98 Å². The molecule has 1 aromatic carbocycles. The van der Waals surface area contributed by atoms with Gasteiger partial charge in [0.1, 0.15) is 5.75 Å². The minimum absolute atomic E-state index is 0.683. The first kappa shape index (κ1) is 12.7. The van der Waals surface area contributed by atoms with Gasteiger partial charge in [0.2, 0.25) is 0 Å². The van der Waals surface area contributed by atoms with Crippen LogP contribution < -0.4 is 4.74 Å². The molecule has 3 heteroatoms. The Morgan fingerprint density at radius 1 is 1.16 bits per heavy atom. The van der Waals surface area contributed by atoms with E-state index in [-0.39, 0.29) is 0 Å². The summed E-state index contributed by atoms with van der Waals surface area (Å²) in [5.74, 6) is 1.59. The van der Waals surface area contributed by atoms with Crippen molar-refractivity contribution < 1.29 is 4.74 Å². The maximum atomic E-state index is 5.42. The van der Waals surface area contributed by atoms with Gasteiger partial charge < -0.3 is 4.74 Å². The van der Waals surface area contributed by atoms with Gasteiger partial charge in [0.05, 0.1) is 17.8 Å². The first-order chi connectivity index (χ1) is 9.38. The van der Waals surface area contributed by atoms with Crippen molar-refractivity contribution in [2.24, 2.45) is 0 Å². The molecular formula is C16H19NOS. The maximum Gasteiger partial charge on any atom is 0.128 e. The molecule has 1 aliphatic rings. The van der Waals surface area contributed by atoms with E-state index in [9.17, 15) is 0 Å². The Balaban J connectivity index is 1.88. The minimum atomic E-state index is 0.683. The molecule has 0 atom stereocenters. The molecule has 1 saturated carbocycles. The summed E-state index contributed by atoms with van der Waals surface area (Å²) in [4.78, 5) is 4.85. The highest BCUT2D eigenvalue weighted by Crippen LogP contribution is 2.37. The number of para-hydroxylation sites is 1. The number of ether oxygens (including phenoxy) is 1. The van der Waals surface area contributed by atoms with Crippen LogP contribution >= 0.6 is 11.3 Å². The van der Waals surface area contributed by atoms with Crippen LogP contribution in [0, 0.1) is 0 Å². The summed E-state index contributed by atoms with van der Waals surface area (Å²) in [6, 6.07) is 8.11. The molecule has 3 rings (SSSR count). The largest absolute Gasteiger partial charge is 0.496 e. The fourth-order valence-electron chi connectivity index (χ4n) is 2.80. The monoisotopic (exact) mass is 273 g/mol. The summed E-state index contributed by atoms with van der Waals surface area (Å²) < 4.78 is 5.42. The van der Waals surface area contributed by atoms with Gasteiger partial charge >= 0.3 is 0 Å². The first-order valence-corrected chi connectivity index (χ1v) is 7.85. The van der Waals surface area contributed by atoms with E-state index >= 15 is 0 Å². The second-order valence-corrected chi connectivity index (χ2v) is 6.00. The van der Waals surface area contributed by atoms with E-state index in [1.807, 2.05) is 18.2 Å². The highest BCUT2D eigenvalue weighted by atomic mass is 32.1. The van der Waals surface area contributed by atoms with Crippen LogP contribution in [-0.2, 0) is 0 Å². The molecule has 0 radical (unpaired) electrons. The Morgan fingerprint density at radius 3 is 2.74 bits per heavy atom. The maximum absolute atomic E-state index is 5.42. The molecule has 100 valence electrons. The summed E-state index contributed by atoms with van der Waals surface area (Å²) in [5, 5.41) is 3.47. The molecule has 0 aliphatic heterocycles. The van der Waals surface area contributed by atoms with Crippen LogP contribution in [0.5, 0.6) is 5.75 Å². The SMILES string of the molecule is COc1ccccc1-c1csc(C2CCCCC2)n1. The van der Waals surface area contributed by atoms with E-state index in [1.165, 1.54) is 37.1 Å². The van der Waals surface area contributed by atoms with Gasteiger partial charge in [-0.05, 0) is 25.0 Å². The fraction of sp³-hybridized carbons (Fsp3) is 0.438. The van der Waals surface area contributed by atoms with Crippen LogP contribution in [0.1, 0.15) is 43.0 Å². The summed E-state index contributed by atoms with van der Waals surface area (Å²) in [5.41, 5.74) is 2.16. The van der Waals surface area contributed by atoms with Gasteiger partial charge in [0, 0.05) is 16.9 Å². The molecule has 0 N–H and O–H groups in total. The number of rotatable bonds is 3. The van der Waals surface area contributed by atoms with E-state index in [1.54, 1.807) is 18.4 Å². The van der Waals surface area contributed by atoms with Crippen LogP contribution in [-0.4, -0.2) is 12.1 Å². The molecule has 1 heterocycles. The van der Waals surface area contributed by atoms with E-state index in [0.717, 1.165) is 17.0 Å². The summed E-state index contributed by atoms with van der Waals surface area (Å²) in [7, 11) is 1.72. The van der Waals surface area contributed by atoms with Crippen LogP contribution in [0.4, 0.5) is 0 Å². The lowest BCUT2D eigenvalue weighted by atomic mass is 9.90. The molecular weight excluding hydrogens is 254 g/mol. The van der Waals surface area contributed by atoms with E-state index < -0.39 is 0 Å². The molecule has 0 amide bonds. The average Bonchev–Trinajstić information content (AvgIpc) is 2.98. The van der Waals surface area contributed by atoms with Crippen molar-refractivity contribution in [2.45, 2.75) is 38.0 Å². The van der Waals surface area contributed by atoms with Gasteiger partial charge in [-0.1, -0.05) is 31.4 Å². The molecule has 19 heavy (non-hydrogen) atoms. The van der Waals surface area contributed by atoms with Gasteiger partial charge in [-0.15, -0.1) is 11.3 Å². The lowest BCUT2D eigenvalue weighted by Gasteiger charge is -2.18. The predicted molar refractivity (Wildman–Crippen MR) is 79.9 cm³/mol. The van der Waals surface area contributed by atoms with Gasteiger partial charge in [-0.2, -0.15) is 0 Å². The number of benzene rings is 1. The predicted octanol–water partition coefficient (Wildman–Crippen LogP) is 4.87. The molecule has 2 aromatic rings. The molecule has 1 aromatic heterocycles. The minimum Gasteiger partial charge on any atom is -0.496 e. The number of thiazole rings is 1. The standard InChI is InChI=1S/C16H19NOS/c1-18-15-10-6-5-9-13(15)14-11-19-16(17-14)12-7-3-2-4-8-12/h5-6,9-12H,2-4,7-8H2,1H3. The highest BCUT2D eigenvalue weighted by Gasteiger charge is 2.19. The van der Waals surface area contributed by atoms with Crippen molar-refractivity contribution in [1.29, 1.82) is 0 Å². The number of methoxy groups -OCH3 is 1. The second-order valence-electron chi connectivity index (χ2n) is 5.11. The zero-order valence-electron chi connectivity index (χ0n) is 11.3. The fourth-order valence-corrected chi connectivity index (χ4v) is 3.80. The lowest BCUT2D eigenvalue weighted by molar-refractivity contribution is 0.416. The number of hydrogen-bond acceptors (Lipinski definition) is 3. The summed E-state index contributed by atoms with van der Waals surface area (Å²) in [6.07, 6.45) is 6.71. The molecule has 1 aliphatic carbocycles. The van der Waals surface area contributed by atoms with Crippen LogP contribution in [0.15, 0.2) is 29.6 Å². The Labute approximate surface area is 118 Å². The van der Waals surface area contributed by atoms with Crippen molar-refractivity contribution in [3.63, 3.8) is 0 Å². The second kappa shape index (κ2) is 5.74. The zero-order valence-corrected chi connectivity index (χ0v) is 12.1. The van der Waals surface area contributed by atoms with Gasteiger partial charge in [0.25, 0.3) is 0 Å². The number of hydrogen-bond donors (Lipinski definition) is 0. The van der Waals surface area contributed by atoms with Gasteiger partial charge in [-0.3, -0.25) is 0 Å². The molecule has 1 fully saturated rings. The third-order valence-electron chi connectivity index (χ3n) is 3.86. The molecule has 0 unspecified atom stereocenters. The zero-order chi connectivity index (χ0) is 13.1. The summed E-state index contributed by atoms with van der Waals surface area (Å²) in [6.45, 7) is 0. The molecule has 2 nitrogen and oxygen atoms in total. The quantitative estimate of drug-likeness (QED) is 0.796. The van der Waals surface area contributed by atoms with Gasteiger partial charge in [0.15, 0.2) is 0 Å². The Hall–Kier alpha value is -1.35. The van der Waals surface area contributed by atoms with E-state index in [4.69, 9.17) is 9.72 Å². The number of nitrogens with zero attached hydrogens (tertiary/aromatic N) is 1. The molecule has 0 saturated heterocycles. The molecule has 0 bridgehead atoms. The third kappa shape index (κ3) is 2.66. The average molecular weight is 273 g/mol. The van der Waals surface area contributed by atoms with Crippen LogP contribution in [0.25, 0.3) is 11.3 Å². The Kier molecular flexibility index (Phi) is 3.83. The van der Waals surface area contributed by atoms with Crippen molar-refractivity contribution in [3.05, 3.63) is 34.7 Å². The van der Waals surface area contributed by atoms with Crippen molar-refractivity contribution in [2.75, 3.05) is 7.11 Å². The molecule has 0 spiro atoms. The summed E-state index contributed by atoms with van der Waals surface area (Å²) >= 11 is 1.80. The topological polar surface area (TPSA) is 22.1 Å². The third-order valence-corrected chi connectivity index (χ3v) is 4.87. The van der Waals surface area contributed by atoms with E-state index in [2.05, 4.69) is 11.4 Å². The van der Waals surface area contributed by atoms with Crippen molar-refractivity contribution >= 4 is 11.3 Å².